The molecule has 70 valence electrons. The first-order valence-corrected chi connectivity index (χ1v) is 4.19. The molecule has 0 unspecified atom stereocenters. The Bertz CT molecular complexity index is 166. The van der Waals surface area contributed by atoms with Gasteiger partial charge < -0.3 is 10.1 Å². The molecule has 0 aromatic heterocycles. The number of ether oxygens (including phenoxy) is 1. The third-order valence-electron chi connectivity index (χ3n) is 1.72. The Kier molecular flexibility index (Phi) is 2.89. The first kappa shape index (κ1) is 9.29. The maximum Gasteiger partial charge on any atom is 0.407 e. The van der Waals surface area contributed by atoms with Crippen LogP contribution < -0.4 is 5.32 Å². The van der Waals surface area contributed by atoms with Gasteiger partial charge in [0, 0.05) is 18.9 Å². The summed E-state index contributed by atoms with van der Waals surface area (Å²) >= 11 is 0. The van der Waals surface area contributed by atoms with Crippen LogP contribution in [0.5, 0.6) is 0 Å². The van der Waals surface area contributed by atoms with Gasteiger partial charge in [0.25, 0.3) is 0 Å². The Balaban J connectivity index is 2.11. The molecule has 1 amide bonds. The Hall–Kier alpha value is -0.800. The smallest absolute Gasteiger partial charge is 0.407 e. The van der Waals surface area contributed by atoms with Gasteiger partial charge >= 0.3 is 6.09 Å². The van der Waals surface area contributed by atoms with E-state index in [1.54, 1.807) is 0 Å². The predicted molar refractivity (Wildman–Crippen MR) is 42.7 cm³/mol. The molecule has 0 aromatic rings. The molecule has 0 aliphatic heterocycles. The Morgan fingerprint density at radius 3 is 2.58 bits per heavy atom. The van der Waals surface area contributed by atoms with E-state index in [1.807, 2.05) is 13.8 Å². The van der Waals surface area contributed by atoms with Crippen LogP contribution in [-0.4, -0.2) is 24.4 Å². The standard InChI is InChI=1S/C8H14FNO2/c1-5(2)10-8(11)12-7-3-6(9)4-7/h5-7H,3-4H2,1-2H3,(H,10,11). The molecule has 1 N–H and O–H groups in total. The summed E-state index contributed by atoms with van der Waals surface area (Å²) in [6.07, 6.45) is -0.723. The minimum absolute atomic E-state index is 0.0683. The highest BCUT2D eigenvalue weighted by molar-refractivity contribution is 5.67. The van der Waals surface area contributed by atoms with Crippen molar-refractivity contribution in [3.63, 3.8) is 0 Å². The van der Waals surface area contributed by atoms with Gasteiger partial charge in [0.05, 0.1) is 0 Å². The Labute approximate surface area is 71.3 Å². The average Bonchev–Trinajstić information content (AvgIpc) is 1.82. The number of carbonyl (C=O) groups is 1. The maximum absolute atomic E-state index is 12.3. The van der Waals surface area contributed by atoms with Gasteiger partial charge in [-0.1, -0.05) is 0 Å². The molecular formula is C8H14FNO2. The van der Waals surface area contributed by atoms with E-state index < -0.39 is 12.3 Å². The number of hydrogen-bond donors (Lipinski definition) is 1. The molecule has 4 heteroatoms. The number of amides is 1. The SMILES string of the molecule is CC(C)NC(=O)OC1CC(F)C1. The highest BCUT2D eigenvalue weighted by Gasteiger charge is 2.32. The maximum atomic E-state index is 12.3. The lowest BCUT2D eigenvalue weighted by Crippen LogP contribution is -2.39. The highest BCUT2D eigenvalue weighted by Crippen LogP contribution is 2.25. The third kappa shape index (κ3) is 2.68. The summed E-state index contributed by atoms with van der Waals surface area (Å²) in [5.41, 5.74) is 0. The van der Waals surface area contributed by atoms with E-state index in [0.717, 1.165) is 0 Å². The summed E-state index contributed by atoms with van der Waals surface area (Å²) in [6.45, 7) is 3.69. The van der Waals surface area contributed by atoms with Crippen LogP contribution in [0, 0.1) is 0 Å². The van der Waals surface area contributed by atoms with Crippen LogP contribution in [-0.2, 0) is 4.74 Å². The quantitative estimate of drug-likeness (QED) is 0.692. The van der Waals surface area contributed by atoms with Crippen LogP contribution in [0.2, 0.25) is 0 Å². The normalized spacial score (nSPS) is 28.0. The molecular weight excluding hydrogens is 161 g/mol. The van der Waals surface area contributed by atoms with E-state index >= 15 is 0 Å². The molecule has 0 bridgehead atoms. The van der Waals surface area contributed by atoms with Gasteiger partial charge in [-0.15, -0.1) is 0 Å². The lowest BCUT2D eigenvalue weighted by Gasteiger charge is -2.29. The van der Waals surface area contributed by atoms with E-state index in [4.69, 9.17) is 4.74 Å². The Morgan fingerprint density at radius 1 is 1.58 bits per heavy atom. The van der Waals surface area contributed by atoms with Crippen molar-refractivity contribution in [2.45, 2.75) is 45.0 Å². The molecule has 0 saturated heterocycles. The molecule has 0 heterocycles. The van der Waals surface area contributed by atoms with E-state index in [2.05, 4.69) is 5.32 Å². The summed E-state index contributed by atoms with van der Waals surface area (Å²) in [6, 6.07) is 0.0683. The van der Waals surface area contributed by atoms with Crippen molar-refractivity contribution in [2.24, 2.45) is 0 Å². The molecule has 1 aliphatic carbocycles. The van der Waals surface area contributed by atoms with Crippen molar-refractivity contribution in [1.29, 1.82) is 0 Å². The zero-order valence-electron chi connectivity index (χ0n) is 7.34. The monoisotopic (exact) mass is 175 g/mol. The van der Waals surface area contributed by atoms with E-state index in [9.17, 15) is 9.18 Å². The Morgan fingerprint density at radius 2 is 2.17 bits per heavy atom. The van der Waals surface area contributed by atoms with Crippen LogP contribution in [0.25, 0.3) is 0 Å². The zero-order chi connectivity index (χ0) is 9.14. The minimum atomic E-state index is -0.776. The van der Waals surface area contributed by atoms with E-state index in [-0.39, 0.29) is 12.1 Å². The van der Waals surface area contributed by atoms with Crippen molar-refractivity contribution in [2.75, 3.05) is 0 Å². The van der Waals surface area contributed by atoms with E-state index in [0.29, 0.717) is 12.8 Å². The van der Waals surface area contributed by atoms with Crippen molar-refractivity contribution in [1.82, 2.24) is 5.32 Å². The molecule has 1 aliphatic rings. The molecule has 0 aromatic carbocycles. The second-order valence-electron chi connectivity index (χ2n) is 3.40. The summed E-state index contributed by atoms with van der Waals surface area (Å²) in [4.78, 5) is 10.9. The van der Waals surface area contributed by atoms with Gasteiger partial charge in [0.1, 0.15) is 12.3 Å². The van der Waals surface area contributed by atoms with Crippen LogP contribution in [0.15, 0.2) is 0 Å². The van der Waals surface area contributed by atoms with Crippen molar-refractivity contribution >= 4 is 6.09 Å². The molecule has 1 rings (SSSR count). The number of alkyl halides is 1. The van der Waals surface area contributed by atoms with Gasteiger partial charge in [0.2, 0.25) is 0 Å². The lowest BCUT2D eigenvalue weighted by molar-refractivity contribution is 0.00235. The molecule has 3 nitrogen and oxygen atoms in total. The summed E-state index contributed by atoms with van der Waals surface area (Å²) in [7, 11) is 0. The summed E-state index contributed by atoms with van der Waals surface area (Å²) in [5.74, 6) is 0. The number of halogens is 1. The number of rotatable bonds is 2. The minimum Gasteiger partial charge on any atom is -0.446 e. The fraction of sp³-hybridized carbons (Fsp3) is 0.875. The van der Waals surface area contributed by atoms with Gasteiger partial charge in [-0.05, 0) is 13.8 Å². The number of alkyl carbamates (subject to hydrolysis) is 1. The molecule has 12 heavy (non-hydrogen) atoms. The van der Waals surface area contributed by atoms with Crippen molar-refractivity contribution in [3.05, 3.63) is 0 Å². The second kappa shape index (κ2) is 3.74. The van der Waals surface area contributed by atoms with Crippen LogP contribution in [0.1, 0.15) is 26.7 Å². The number of carbonyl (C=O) groups excluding carboxylic acids is 1. The van der Waals surface area contributed by atoms with Gasteiger partial charge in [-0.25, -0.2) is 9.18 Å². The molecule has 1 saturated carbocycles. The molecule has 0 radical (unpaired) electrons. The lowest BCUT2D eigenvalue weighted by atomic mass is 9.94. The topological polar surface area (TPSA) is 38.3 Å². The fourth-order valence-corrected chi connectivity index (χ4v) is 1.02. The molecule has 0 atom stereocenters. The van der Waals surface area contributed by atoms with Gasteiger partial charge in [-0.2, -0.15) is 0 Å². The number of hydrogen-bond acceptors (Lipinski definition) is 2. The van der Waals surface area contributed by atoms with Crippen molar-refractivity contribution in [3.8, 4) is 0 Å². The van der Waals surface area contributed by atoms with Crippen molar-refractivity contribution < 1.29 is 13.9 Å². The van der Waals surface area contributed by atoms with Gasteiger partial charge in [0.15, 0.2) is 0 Å². The first-order valence-electron chi connectivity index (χ1n) is 4.19. The summed E-state index contributed by atoms with van der Waals surface area (Å²) < 4.78 is 17.1. The van der Waals surface area contributed by atoms with Crippen LogP contribution in [0.4, 0.5) is 9.18 Å². The van der Waals surface area contributed by atoms with Crippen LogP contribution >= 0.6 is 0 Å². The largest absolute Gasteiger partial charge is 0.446 e. The third-order valence-corrected chi connectivity index (χ3v) is 1.72. The molecule has 1 fully saturated rings. The first-order chi connectivity index (χ1) is 5.58. The summed E-state index contributed by atoms with van der Waals surface area (Å²) in [5, 5.41) is 2.57. The van der Waals surface area contributed by atoms with Crippen LogP contribution in [0.3, 0.4) is 0 Å². The zero-order valence-corrected chi connectivity index (χ0v) is 7.34. The fourth-order valence-electron chi connectivity index (χ4n) is 1.02. The van der Waals surface area contributed by atoms with Gasteiger partial charge in [-0.3, -0.25) is 0 Å². The molecule has 0 spiro atoms. The van der Waals surface area contributed by atoms with E-state index in [1.165, 1.54) is 0 Å². The predicted octanol–water partition coefficient (Wildman–Crippen LogP) is 1.62. The highest BCUT2D eigenvalue weighted by atomic mass is 19.1. The average molecular weight is 175 g/mol. The second-order valence-corrected chi connectivity index (χ2v) is 3.40. The number of nitrogens with one attached hydrogen (secondary N) is 1.